The van der Waals surface area contributed by atoms with E-state index in [2.05, 4.69) is 47.6 Å². The summed E-state index contributed by atoms with van der Waals surface area (Å²) in [7, 11) is 1.68. The highest BCUT2D eigenvalue weighted by Crippen LogP contribution is 2.29. The van der Waals surface area contributed by atoms with Gasteiger partial charge in [-0.25, -0.2) is 0 Å². The fourth-order valence-electron chi connectivity index (χ4n) is 2.36. The summed E-state index contributed by atoms with van der Waals surface area (Å²) in [4.78, 5) is 4.57. The first kappa shape index (κ1) is 16.1. The maximum absolute atomic E-state index is 5.32. The molecule has 3 nitrogen and oxygen atoms in total. The van der Waals surface area contributed by atoms with E-state index in [1.165, 1.54) is 5.56 Å². The van der Waals surface area contributed by atoms with Crippen molar-refractivity contribution in [2.24, 2.45) is 0 Å². The Morgan fingerprint density at radius 2 is 1.68 bits per heavy atom. The van der Waals surface area contributed by atoms with Crippen molar-refractivity contribution in [1.29, 1.82) is 0 Å². The van der Waals surface area contributed by atoms with E-state index >= 15 is 0 Å². The van der Waals surface area contributed by atoms with E-state index < -0.39 is 0 Å². The van der Waals surface area contributed by atoms with Crippen molar-refractivity contribution >= 4 is 22.3 Å². The number of aromatic nitrogens is 1. The van der Waals surface area contributed by atoms with Crippen LogP contribution in [0, 0.1) is 13.8 Å². The van der Waals surface area contributed by atoms with Gasteiger partial charge in [0, 0.05) is 22.5 Å². The molecule has 4 heteroatoms. The molecule has 0 radical (unpaired) electrons. The zero-order valence-corrected chi connectivity index (χ0v) is 13.6. The molecule has 0 fully saturated rings. The lowest BCUT2D eigenvalue weighted by atomic mass is 10.1. The van der Waals surface area contributed by atoms with Gasteiger partial charge in [0.15, 0.2) is 0 Å². The van der Waals surface area contributed by atoms with Gasteiger partial charge in [-0.1, -0.05) is 17.7 Å². The average molecular weight is 314 g/mol. The number of benzene rings is 2. The van der Waals surface area contributed by atoms with Gasteiger partial charge in [0.05, 0.1) is 12.6 Å². The molecule has 22 heavy (non-hydrogen) atoms. The van der Waals surface area contributed by atoms with E-state index in [-0.39, 0.29) is 12.4 Å². The summed E-state index contributed by atoms with van der Waals surface area (Å²) in [5, 5.41) is 4.53. The fraction of sp³-hybridized carbons (Fsp3) is 0.167. The number of ether oxygens (including phenoxy) is 1. The molecule has 2 aromatic carbocycles. The molecule has 0 aliphatic rings. The quantitative estimate of drug-likeness (QED) is 0.798. The first-order valence-electron chi connectivity index (χ1n) is 6.95. The minimum Gasteiger partial charge on any atom is -1.00 e. The Morgan fingerprint density at radius 3 is 2.36 bits per heavy atom. The zero-order chi connectivity index (χ0) is 14.8. The summed E-state index contributed by atoms with van der Waals surface area (Å²) in [6.45, 7) is 4.09. The highest BCUT2D eigenvalue weighted by Gasteiger charge is 2.06. The van der Waals surface area contributed by atoms with Crippen LogP contribution in [0.25, 0.3) is 10.9 Å². The number of hydrogen-bond acceptors (Lipinski definition) is 3. The Kier molecular flexibility index (Phi) is 4.88. The van der Waals surface area contributed by atoms with Crippen molar-refractivity contribution in [2.75, 3.05) is 12.4 Å². The first-order valence-corrected chi connectivity index (χ1v) is 6.95. The molecule has 0 aliphatic carbocycles. The van der Waals surface area contributed by atoms with Crippen LogP contribution in [-0.2, 0) is 0 Å². The molecule has 0 bridgehead atoms. The van der Waals surface area contributed by atoms with Crippen LogP contribution < -0.4 is 22.5 Å². The number of fused-ring (bicyclic) bond motifs is 1. The third-order valence-electron chi connectivity index (χ3n) is 3.47. The number of aryl methyl sites for hydroxylation is 2. The Balaban J connectivity index is 0.00000176. The predicted octanol–water partition coefficient (Wildman–Crippen LogP) is 1.61. The van der Waals surface area contributed by atoms with Crippen LogP contribution in [0.2, 0.25) is 0 Å². The van der Waals surface area contributed by atoms with Gasteiger partial charge in [0.25, 0.3) is 0 Å². The molecule has 0 unspecified atom stereocenters. The summed E-state index contributed by atoms with van der Waals surface area (Å²) in [6, 6.07) is 16.3. The molecule has 0 spiro atoms. The maximum Gasteiger partial charge on any atom is 0.119 e. The molecular weight excluding hydrogens is 296 g/mol. The van der Waals surface area contributed by atoms with Crippen LogP contribution in [0.5, 0.6) is 5.75 Å². The largest absolute Gasteiger partial charge is 1.00 e. The van der Waals surface area contributed by atoms with Crippen molar-refractivity contribution in [3.63, 3.8) is 0 Å². The number of pyridine rings is 1. The van der Waals surface area contributed by atoms with E-state index in [1.54, 1.807) is 7.11 Å². The van der Waals surface area contributed by atoms with E-state index in [9.17, 15) is 0 Å². The van der Waals surface area contributed by atoms with Crippen molar-refractivity contribution in [2.45, 2.75) is 13.8 Å². The van der Waals surface area contributed by atoms with Crippen molar-refractivity contribution in [3.8, 4) is 5.75 Å². The third kappa shape index (κ3) is 3.31. The van der Waals surface area contributed by atoms with Crippen molar-refractivity contribution in [3.05, 3.63) is 59.8 Å². The van der Waals surface area contributed by atoms with Gasteiger partial charge in [-0.2, -0.15) is 0 Å². The average Bonchev–Trinajstić information content (AvgIpc) is 2.49. The topological polar surface area (TPSA) is 34.1 Å². The van der Waals surface area contributed by atoms with Gasteiger partial charge in [0.2, 0.25) is 0 Å². The van der Waals surface area contributed by atoms with E-state index in [0.29, 0.717) is 0 Å². The number of rotatable bonds is 3. The van der Waals surface area contributed by atoms with Gasteiger partial charge >= 0.3 is 0 Å². The Labute approximate surface area is 136 Å². The lowest BCUT2D eigenvalue weighted by Gasteiger charge is -2.12. The molecule has 1 aromatic heterocycles. The second kappa shape index (κ2) is 6.67. The molecule has 0 amide bonds. The van der Waals surface area contributed by atoms with Gasteiger partial charge in [0.1, 0.15) is 5.75 Å². The third-order valence-corrected chi connectivity index (χ3v) is 3.47. The normalized spacial score (nSPS) is 10.1. The standard InChI is InChI=1S/C18H18N2O.ClH/c1-12-4-6-14(7-5-12)20-18-10-13(2)19-17-9-8-15(21-3)11-16(17)18;/h4-11H,1-3H3,(H,19,20);1H/p-1. The van der Waals surface area contributed by atoms with Crippen LogP contribution in [0.3, 0.4) is 0 Å². The van der Waals surface area contributed by atoms with Crippen molar-refractivity contribution < 1.29 is 17.1 Å². The Bertz CT molecular complexity index is 785. The highest BCUT2D eigenvalue weighted by atomic mass is 35.5. The molecule has 0 saturated carbocycles. The summed E-state index contributed by atoms with van der Waals surface area (Å²) in [5.41, 5.74) is 5.31. The summed E-state index contributed by atoms with van der Waals surface area (Å²) in [5.74, 6) is 0.833. The van der Waals surface area contributed by atoms with Gasteiger partial charge in [-0.15, -0.1) is 0 Å². The number of halogens is 1. The molecule has 0 saturated heterocycles. The van der Waals surface area contributed by atoms with Crippen molar-refractivity contribution in [1.82, 2.24) is 4.98 Å². The number of anilines is 2. The maximum atomic E-state index is 5.32. The molecule has 3 aromatic rings. The summed E-state index contributed by atoms with van der Waals surface area (Å²) < 4.78 is 5.32. The highest BCUT2D eigenvalue weighted by molar-refractivity contribution is 5.94. The molecule has 0 atom stereocenters. The predicted molar refractivity (Wildman–Crippen MR) is 87.5 cm³/mol. The lowest BCUT2D eigenvalue weighted by Crippen LogP contribution is -3.00. The van der Waals surface area contributed by atoms with Crippen LogP contribution in [0.1, 0.15) is 11.3 Å². The monoisotopic (exact) mass is 313 g/mol. The van der Waals surface area contributed by atoms with Crippen LogP contribution in [0.4, 0.5) is 11.4 Å². The van der Waals surface area contributed by atoms with E-state index in [1.807, 2.05) is 25.1 Å². The first-order chi connectivity index (χ1) is 10.2. The van der Waals surface area contributed by atoms with E-state index in [0.717, 1.165) is 33.7 Å². The summed E-state index contributed by atoms with van der Waals surface area (Å²) >= 11 is 0. The minimum absolute atomic E-state index is 0. The molecule has 0 aliphatic heterocycles. The zero-order valence-electron chi connectivity index (χ0n) is 12.9. The molecule has 1 N–H and O–H groups in total. The number of hydrogen-bond donors (Lipinski definition) is 1. The molecule has 1 heterocycles. The molecular formula is C18H18ClN2O-. The molecule has 114 valence electrons. The number of nitrogens with zero attached hydrogens (tertiary/aromatic N) is 1. The van der Waals surface area contributed by atoms with Gasteiger partial charge in [-0.05, 0) is 50.2 Å². The van der Waals surface area contributed by atoms with Crippen LogP contribution in [0.15, 0.2) is 48.5 Å². The number of nitrogens with one attached hydrogen (secondary N) is 1. The molecule has 3 rings (SSSR count). The van der Waals surface area contributed by atoms with Crippen LogP contribution >= 0.6 is 0 Å². The Hall–Kier alpha value is -2.26. The SMILES string of the molecule is COc1ccc2nc(C)cc(Nc3ccc(C)cc3)c2c1.[Cl-]. The second-order valence-electron chi connectivity index (χ2n) is 5.19. The number of methoxy groups -OCH3 is 1. The van der Waals surface area contributed by atoms with Gasteiger partial charge in [-0.3, -0.25) is 4.98 Å². The lowest BCUT2D eigenvalue weighted by molar-refractivity contribution is -0.00000472. The van der Waals surface area contributed by atoms with Crippen LogP contribution in [-0.4, -0.2) is 12.1 Å². The minimum atomic E-state index is 0. The Morgan fingerprint density at radius 1 is 0.955 bits per heavy atom. The van der Waals surface area contributed by atoms with Gasteiger partial charge < -0.3 is 22.5 Å². The second-order valence-corrected chi connectivity index (χ2v) is 5.19. The van der Waals surface area contributed by atoms with E-state index in [4.69, 9.17) is 4.74 Å². The summed E-state index contributed by atoms with van der Waals surface area (Å²) in [6.07, 6.45) is 0. The fourth-order valence-corrected chi connectivity index (χ4v) is 2.36. The smallest absolute Gasteiger partial charge is 0.119 e.